The number of hydrogen-bond donors (Lipinski definition) is 1. The minimum atomic E-state index is -4.82. The predicted molar refractivity (Wildman–Crippen MR) is 157 cm³/mol. The summed E-state index contributed by atoms with van der Waals surface area (Å²) in [6.07, 6.45) is -3.07. The van der Waals surface area contributed by atoms with Crippen LogP contribution in [0, 0.1) is 0 Å². The Morgan fingerprint density at radius 3 is 2.34 bits per heavy atom. The predicted octanol–water partition coefficient (Wildman–Crippen LogP) is 7.23. The van der Waals surface area contributed by atoms with Gasteiger partial charge in [-0.3, -0.25) is 9.35 Å². The van der Waals surface area contributed by atoms with Gasteiger partial charge < -0.3 is 14.2 Å². The van der Waals surface area contributed by atoms with Crippen LogP contribution in [-0.2, 0) is 29.4 Å². The van der Waals surface area contributed by atoms with Crippen LogP contribution < -0.4 is 9.64 Å². The van der Waals surface area contributed by atoms with Crippen molar-refractivity contribution in [2.24, 2.45) is 0 Å². The lowest BCUT2D eigenvalue weighted by Crippen LogP contribution is -2.22. The fourth-order valence-electron chi connectivity index (χ4n) is 4.63. The molecule has 5 rings (SSSR count). The molecule has 15 heteroatoms. The van der Waals surface area contributed by atoms with Gasteiger partial charge in [0.15, 0.2) is 11.5 Å². The number of hydrogen-bond acceptors (Lipinski definition) is 8. The molecule has 1 aliphatic rings. The van der Waals surface area contributed by atoms with Crippen LogP contribution in [0.3, 0.4) is 0 Å². The maximum Gasteiger partial charge on any atom is 0.435 e. The highest BCUT2D eigenvalue weighted by atomic mass is 35.5. The molecule has 2 heterocycles. The van der Waals surface area contributed by atoms with Crippen molar-refractivity contribution in [2.75, 3.05) is 17.7 Å². The monoisotopic (exact) mass is 669 g/mol. The fourth-order valence-corrected chi connectivity index (χ4v) is 5.70. The van der Waals surface area contributed by atoms with E-state index in [0.717, 1.165) is 12.8 Å². The Morgan fingerprint density at radius 1 is 1.09 bits per heavy atom. The Kier molecular flexibility index (Phi) is 8.94. The van der Waals surface area contributed by atoms with Gasteiger partial charge in [-0.25, -0.2) is 4.98 Å². The summed E-state index contributed by atoms with van der Waals surface area (Å²) in [5, 5.41) is 4.82. The smallest absolute Gasteiger partial charge is 0.435 e. The maximum absolute atomic E-state index is 14.2. The Hall–Kier alpha value is -3.65. The molecule has 2 aromatic heterocycles. The number of carbonyl (C=O) groups is 1. The van der Waals surface area contributed by atoms with Gasteiger partial charge in [-0.15, -0.1) is 0 Å². The Labute approximate surface area is 260 Å². The number of rotatable bonds is 11. The van der Waals surface area contributed by atoms with E-state index in [9.17, 15) is 26.4 Å². The third-order valence-electron chi connectivity index (χ3n) is 6.87. The molecule has 0 amide bonds. The first-order valence-corrected chi connectivity index (χ1v) is 15.5. The summed E-state index contributed by atoms with van der Waals surface area (Å²) in [5.74, 6) is -1.48. The number of aromatic nitrogens is 2. The number of alkyl halides is 3. The Bertz CT molecular complexity index is 1790. The number of ether oxygens (including phenoxy) is 1. The Balaban J connectivity index is 1.36. The van der Waals surface area contributed by atoms with Gasteiger partial charge >= 0.3 is 6.18 Å². The quantitative estimate of drug-likeness (QED) is 0.130. The second-order valence-corrected chi connectivity index (χ2v) is 12.5. The molecule has 0 bridgehead atoms. The van der Waals surface area contributed by atoms with Crippen molar-refractivity contribution >= 4 is 44.8 Å². The van der Waals surface area contributed by atoms with E-state index in [0.29, 0.717) is 38.2 Å². The number of anilines is 1. The van der Waals surface area contributed by atoms with Gasteiger partial charge in [-0.05, 0) is 36.6 Å². The lowest BCUT2D eigenvalue weighted by molar-refractivity contribution is -0.140. The van der Waals surface area contributed by atoms with Crippen molar-refractivity contribution in [2.45, 2.75) is 38.1 Å². The molecule has 0 unspecified atom stereocenters. The average Bonchev–Trinajstić information content (AvgIpc) is 3.70. The van der Waals surface area contributed by atoms with Crippen LogP contribution in [0.5, 0.6) is 5.88 Å². The molecule has 1 fully saturated rings. The summed E-state index contributed by atoms with van der Waals surface area (Å²) >= 11 is 12.8. The van der Waals surface area contributed by atoms with Crippen LogP contribution in [-0.4, -0.2) is 41.7 Å². The highest BCUT2D eigenvalue weighted by molar-refractivity contribution is 7.86. The molecule has 0 spiro atoms. The van der Waals surface area contributed by atoms with Crippen LogP contribution in [0.1, 0.15) is 51.7 Å². The molecule has 1 saturated carbocycles. The molecule has 1 aliphatic carbocycles. The van der Waals surface area contributed by atoms with Gasteiger partial charge in [-0.1, -0.05) is 58.7 Å². The van der Waals surface area contributed by atoms with Crippen molar-refractivity contribution < 1.29 is 40.2 Å². The third kappa shape index (κ3) is 7.34. The second-order valence-electron chi connectivity index (χ2n) is 10.3. The minimum absolute atomic E-state index is 0.00508. The summed E-state index contributed by atoms with van der Waals surface area (Å²) in [4.78, 5) is 17.1. The third-order valence-corrected chi connectivity index (χ3v) is 8.12. The number of ketones is 1. The summed E-state index contributed by atoms with van der Waals surface area (Å²) in [7, 11) is -3.05. The van der Waals surface area contributed by atoms with Crippen molar-refractivity contribution in [3.8, 4) is 17.1 Å². The topological polar surface area (TPSA) is 123 Å². The van der Waals surface area contributed by atoms with Crippen molar-refractivity contribution in [3.05, 3.63) is 92.8 Å². The molecule has 2 aromatic carbocycles. The van der Waals surface area contributed by atoms with E-state index in [-0.39, 0.29) is 36.2 Å². The summed E-state index contributed by atoms with van der Waals surface area (Å²) in [6.45, 7) is -0.181. The zero-order chi connectivity index (χ0) is 31.8. The van der Waals surface area contributed by atoms with Gasteiger partial charge in [0.25, 0.3) is 10.1 Å². The van der Waals surface area contributed by atoms with Crippen LogP contribution in [0.4, 0.5) is 18.9 Å². The van der Waals surface area contributed by atoms with Crippen LogP contribution in [0.15, 0.2) is 59.1 Å². The molecule has 1 N–H and O–H groups in total. The molecule has 0 saturated heterocycles. The second kappa shape index (κ2) is 12.4. The maximum atomic E-state index is 14.2. The molecular weight excluding hydrogens is 646 g/mol. The van der Waals surface area contributed by atoms with E-state index < -0.39 is 33.5 Å². The first kappa shape index (κ1) is 31.8. The van der Waals surface area contributed by atoms with E-state index in [2.05, 4.69) is 10.1 Å². The molecule has 0 atom stereocenters. The van der Waals surface area contributed by atoms with Crippen molar-refractivity contribution in [3.63, 3.8) is 0 Å². The first-order valence-electron chi connectivity index (χ1n) is 13.1. The molecule has 0 radical (unpaired) electrons. The van der Waals surface area contributed by atoms with Gasteiger partial charge in [0, 0.05) is 36.7 Å². The van der Waals surface area contributed by atoms with Crippen molar-refractivity contribution in [1.82, 2.24) is 10.1 Å². The normalized spacial score (nSPS) is 13.6. The van der Waals surface area contributed by atoms with E-state index in [4.69, 9.17) is 37.0 Å². The van der Waals surface area contributed by atoms with E-state index >= 15 is 0 Å². The molecule has 9 nitrogen and oxygen atoms in total. The molecule has 4 aromatic rings. The lowest BCUT2D eigenvalue weighted by atomic mass is 10.0. The van der Waals surface area contributed by atoms with Crippen LogP contribution in [0.2, 0.25) is 10.0 Å². The SMILES string of the molecule is CN(Cc1ccc(C(=O)CS(=O)(=O)O)cc1)c1ccc(OCc2c(-c3c(Cl)cccc3Cl)noc2C2CC2)nc1C(F)(F)F. The zero-order valence-corrected chi connectivity index (χ0v) is 25.3. The standard InChI is InChI=1S/C29H24Cl2F3N3O6S/c1-37(13-16-5-7-17(8-6-16)23(38)15-44(39,40)41)22-11-12-24(35-28(22)29(32,33)34)42-14-19-26(36-43-27(19)18-9-10-18)25-20(30)3-2-4-21(25)31/h2-8,11-12,18H,9-10,13-15H2,1H3,(H,39,40,41). The first-order chi connectivity index (χ1) is 20.7. The van der Waals surface area contributed by atoms with Gasteiger partial charge in [0.1, 0.15) is 23.8 Å². The number of halogens is 5. The average molecular weight is 670 g/mol. The summed E-state index contributed by atoms with van der Waals surface area (Å²) in [6, 6.07) is 13.2. The van der Waals surface area contributed by atoms with E-state index in [1.807, 2.05) is 0 Å². The van der Waals surface area contributed by atoms with E-state index in [1.165, 1.54) is 48.3 Å². The number of carbonyl (C=O) groups excluding carboxylic acids is 1. The van der Waals surface area contributed by atoms with Crippen LogP contribution in [0.25, 0.3) is 11.3 Å². The van der Waals surface area contributed by atoms with Crippen molar-refractivity contribution in [1.29, 1.82) is 0 Å². The zero-order valence-electron chi connectivity index (χ0n) is 22.9. The fraction of sp³-hybridized carbons (Fsp3) is 0.276. The molecule has 44 heavy (non-hydrogen) atoms. The lowest BCUT2D eigenvalue weighted by Gasteiger charge is -2.23. The number of nitrogens with zero attached hydrogens (tertiary/aromatic N) is 3. The molecular formula is C29H24Cl2F3N3O6S. The largest absolute Gasteiger partial charge is 0.473 e. The summed E-state index contributed by atoms with van der Waals surface area (Å²) < 4.78 is 84.7. The Morgan fingerprint density at radius 2 is 1.75 bits per heavy atom. The highest BCUT2D eigenvalue weighted by Gasteiger charge is 2.38. The van der Waals surface area contributed by atoms with Crippen LogP contribution >= 0.6 is 23.2 Å². The molecule has 0 aliphatic heterocycles. The summed E-state index contributed by atoms with van der Waals surface area (Å²) in [5.41, 5.74) is 0.490. The van der Waals surface area contributed by atoms with Gasteiger partial charge in [0.2, 0.25) is 5.88 Å². The number of pyridine rings is 1. The minimum Gasteiger partial charge on any atom is -0.473 e. The number of Topliss-reactive ketones (excluding diaryl/α,β-unsaturated/α-hetero) is 1. The number of benzene rings is 2. The van der Waals surface area contributed by atoms with Gasteiger partial charge in [-0.2, -0.15) is 21.6 Å². The highest BCUT2D eigenvalue weighted by Crippen LogP contribution is 2.46. The van der Waals surface area contributed by atoms with Gasteiger partial charge in [0.05, 0.1) is 21.3 Å². The van der Waals surface area contributed by atoms with E-state index in [1.54, 1.807) is 18.2 Å². The molecule has 232 valence electrons.